The molecule has 4 nitrogen and oxygen atoms in total. The van der Waals surface area contributed by atoms with Crippen molar-refractivity contribution in [3.05, 3.63) is 12.2 Å². The highest BCUT2D eigenvalue weighted by molar-refractivity contribution is 5.72. The third-order valence-corrected chi connectivity index (χ3v) is 5.64. The van der Waals surface area contributed by atoms with Gasteiger partial charge < -0.3 is 5.32 Å². The van der Waals surface area contributed by atoms with E-state index in [1.54, 1.807) is 6.92 Å². The number of rotatable bonds is 15. The second kappa shape index (κ2) is 14.0. The van der Waals surface area contributed by atoms with Crippen molar-refractivity contribution in [1.29, 1.82) is 0 Å². The standard InChI is InChI=1S/C22H41N3O/c1-4-6-7-8-9-10-11-12-13-14-15-16-22-24-18-20-25(22,5-2)19-17-23-21(3)26/h11-12,18,22H,4-10,13-17,19-20H2,1-3H3/p+1/b12-11+. The zero-order valence-electron chi connectivity index (χ0n) is 17.5. The van der Waals surface area contributed by atoms with E-state index < -0.39 is 0 Å². The number of allylic oxidation sites excluding steroid dienone is 2. The van der Waals surface area contributed by atoms with Crippen molar-refractivity contribution in [2.45, 2.75) is 91.1 Å². The van der Waals surface area contributed by atoms with Crippen LogP contribution in [0.5, 0.6) is 0 Å². The monoisotopic (exact) mass is 364 g/mol. The van der Waals surface area contributed by atoms with Gasteiger partial charge in [0.1, 0.15) is 6.54 Å². The van der Waals surface area contributed by atoms with Crippen LogP contribution in [0, 0.1) is 0 Å². The fourth-order valence-corrected chi connectivity index (χ4v) is 3.83. The minimum Gasteiger partial charge on any atom is -0.351 e. The smallest absolute Gasteiger partial charge is 0.217 e. The molecule has 0 saturated heterocycles. The molecule has 150 valence electrons. The minimum atomic E-state index is 0.0630. The maximum absolute atomic E-state index is 11.1. The van der Waals surface area contributed by atoms with E-state index in [4.69, 9.17) is 4.99 Å². The average Bonchev–Trinajstić information content (AvgIpc) is 3.02. The number of aliphatic imine (C=N–C) groups is 1. The highest BCUT2D eigenvalue weighted by atomic mass is 16.1. The molecule has 0 aromatic heterocycles. The number of carbonyl (C=O) groups is 1. The summed E-state index contributed by atoms with van der Waals surface area (Å²) in [6, 6.07) is 0. The number of likely N-dealkylation sites (N-methyl/N-ethyl adjacent to an activating group) is 1. The summed E-state index contributed by atoms with van der Waals surface area (Å²) < 4.78 is 1.01. The Morgan fingerprint density at radius 2 is 1.81 bits per heavy atom. The van der Waals surface area contributed by atoms with Crippen LogP contribution in [-0.2, 0) is 4.79 Å². The highest BCUT2D eigenvalue weighted by Gasteiger charge is 2.37. The van der Waals surface area contributed by atoms with Crippen molar-refractivity contribution in [3.8, 4) is 0 Å². The summed E-state index contributed by atoms with van der Waals surface area (Å²) in [5, 5.41) is 2.94. The Bertz CT molecular complexity index is 433. The van der Waals surface area contributed by atoms with Crippen molar-refractivity contribution in [2.24, 2.45) is 4.99 Å². The lowest BCUT2D eigenvalue weighted by Crippen LogP contribution is -2.55. The first-order valence-corrected chi connectivity index (χ1v) is 10.9. The van der Waals surface area contributed by atoms with E-state index in [0.717, 1.165) is 37.1 Å². The molecule has 0 saturated carbocycles. The van der Waals surface area contributed by atoms with Crippen molar-refractivity contribution in [3.63, 3.8) is 0 Å². The number of unbranched alkanes of at least 4 members (excludes halogenated alkanes) is 7. The normalized spacial score (nSPS) is 22.3. The van der Waals surface area contributed by atoms with Crippen LogP contribution < -0.4 is 5.32 Å². The van der Waals surface area contributed by atoms with Gasteiger partial charge in [-0.1, -0.05) is 44.8 Å². The average molecular weight is 365 g/mol. The first-order valence-electron chi connectivity index (χ1n) is 10.9. The SMILES string of the molecule is CCCCCCC/C=C/CCCCC1N=CC[N+]1(CC)CCNC(C)=O. The van der Waals surface area contributed by atoms with Crippen molar-refractivity contribution < 1.29 is 9.28 Å². The fourth-order valence-electron chi connectivity index (χ4n) is 3.83. The van der Waals surface area contributed by atoms with Gasteiger partial charge in [0.15, 0.2) is 6.17 Å². The molecular formula is C22H42N3O+. The number of carbonyl (C=O) groups excluding carboxylic acids is 1. The van der Waals surface area contributed by atoms with Gasteiger partial charge in [0.25, 0.3) is 0 Å². The Hall–Kier alpha value is -1.16. The lowest BCUT2D eigenvalue weighted by molar-refractivity contribution is -0.935. The van der Waals surface area contributed by atoms with E-state index in [9.17, 15) is 4.79 Å². The molecule has 0 aliphatic carbocycles. The molecule has 0 aromatic carbocycles. The van der Waals surface area contributed by atoms with E-state index in [0.29, 0.717) is 6.17 Å². The molecule has 1 N–H and O–H groups in total. The zero-order valence-corrected chi connectivity index (χ0v) is 17.5. The van der Waals surface area contributed by atoms with Gasteiger partial charge in [-0.2, -0.15) is 0 Å². The Kier molecular flexibility index (Phi) is 12.3. The third-order valence-electron chi connectivity index (χ3n) is 5.64. The van der Waals surface area contributed by atoms with Crippen LogP contribution >= 0.6 is 0 Å². The molecule has 0 aromatic rings. The summed E-state index contributed by atoms with van der Waals surface area (Å²) in [7, 11) is 0. The zero-order chi connectivity index (χ0) is 19.1. The van der Waals surface area contributed by atoms with Crippen LogP contribution in [0.1, 0.15) is 85.0 Å². The van der Waals surface area contributed by atoms with Gasteiger partial charge in [0.05, 0.1) is 25.8 Å². The van der Waals surface area contributed by atoms with Crippen LogP contribution in [0.4, 0.5) is 0 Å². The Morgan fingerprint density at radius 1 is 1.12 bits per heavy atom. The van der Waals surface area contributed by atoms with E-state index in [1.807, 2.05) is 0 Å². The molecule has 0 radical (unpaired) electrons. The highest BCUT2D eigenvalue weighted by Crippen LogP contribution is 2.23. The summed E-state index contributed by atoms with van der Waals surface area (Å²) in [6.07, 6.45) is 20.2. The molecule has 1 aliphatic rings. The van der Waals surface area contributed by atoms with Gasteiger partial charge in [0, 0.05) is 13.3 Å². The van der Waals surface area contributed by atoms with E-state index in [1.165, 1.54) is 57.8 Å². The van der Waals surface area contributed by atoms with Gasteiger partial charge in [-0.3, -0.25) is 9.28 Å². The lowest BCUT2D eigenvalue weighted by atomic mass is 10.1. The van der Waals surface area contributed by atoms with Gasteiger partial charge >= 0.3 is 0 Å². The summed E-state index contributed by atoms with van der Waals surface area (Å²) >= 11 is 0. The number of hydrogen-bond donors (Lipinski definition) is 1. The summed E-state index contributed by atoms with van der Waals surface area (Å²) in [6.45, 7) is 9.94. The predicted octanol–water partition coefficient (Wildman–Crippen LogP) is 4.85. The van der Waals surface area contributed by atoms with E-state index >= 15 is 0 Å². The van der Waals surface area contributed by atoms with Crippen molar-refractivity contribution in [2.75, 3.05) is 26.2 Å². The first-order chi connectivity index (χ1) is 12.6. The molecule has 0 bridgehead atoms. The molecule has 4 heteroatoms. The molecule has 0 spiro atoms. The van der Waals surface area contributed by atoms with Crippen LogP contribution in [0.15, 0.2) is 17.1 Å². The van der Waals surface area contributed by atoms with E-state index in [-0.39, 0.29) is 5.91 Å². The predicted molar refractivity (Wildman–Crippen MR) is 112 cm³/mol. The molecule has 1 rings (SSSR count). The fraction of sp³-hybridized carbons (Fsp3) is 0.818. The second-order valence-corrected chi connectivity index (χ2v) is 7.69. The quantitative estimate of drug-likeness (QED) is 0.252. The Morgan fingerprint density at radius 3 is 2.46 bits per heavy atom. The number of nitrogens with one attached hydrogen (secondary N) is 1. The number of hydrogen-bond acceptors (Lipinski definition) is 2. The number of nitrogens with zero attached hydrogens (tertiary/aromatic N) is 2. The van der Waals surface area contributed by atoms with Crippen LogP contribution in [0.2, 0.25) is 0 Å². The summed E-state index contributed by atoms with van der Waals surface area (Å²) in [4.78, 5) is 15.9. The van der Waals surface area contributed by atoms with Crippen LogP contribution in [0.3, 0.4) is 0 Å². The molecule has 1 heterocycles. The Labute approximate surface area is 161 Å². The topological polar surface area (TPSA) is 41.5 Å². The van der Waals surface area contributed by atoms with E-state index in [2.05, 4.69) is 37.5 Å². The summed E-state index contributed by atoms with van der Waals surface area (Å²) in [5.41, 5.74) is 0. The molecule has 1 amide bonds. The Balaban J connectivity index is 2.16. The van der Waals surface area contributed by atoms with Gasteiger partial charge in [0.2, 0.25) is 5.91 Å². The lowest BCUT2D eigenvalue weighted by Gasteiger charge is -2.38. The maximum atomic E-state index is 11.1. The first kappa shape index (κ1) is 22.9. The molecule has 1 aliphatic heterocycles. The summed E-state index contributed by atoms with van der Waals surface area (Å²) in [5.74, 6) is 0.0630. The minimum absolute atomic E-state index is 0.0630. The molecule has 26 heavy (non-hydrogen) atoms. The molecule has 2 atom stereocenters. The van der Waals surface area contributed by atoms with Crippen LogP contribution in [-0.4, -0.2) is 48.9 Å². The van der Waals surface area contributed by atoms with Crippen LogP contribution in [0.25, 0.3) is 0 Å². The maximum Gasteiger partial charge on any atom is 0.217 e. The number of quaternary nitrogens is 1. The van der Waals surface area contributed by atoms with Crippen molar-refractivity contribution >= 4 is 12.1 Å². The van der Waals surface area contributed by atoms with Gasteiger partial charge in [-0.05, 0) is 39.0 Å². The van der Waals surface area contributed by atoms with Gasteiger partial charge in [-0.15, -0.1) is 0 Å². The largest absolute Gasteiger partial charge is 0.351 e. The van der Waals surface area contributed by atoms with Crippen molar-refractivity contribution in [1.82, 2.24) is 5.32 Å². The molecule has 0 fully saturated rings. The molecule has 2 unspecified atom stereocenters. The third kappa shape index (κ3) is 8.98. The van der Waals surface area contributed by atoms with Gasteiger partial charge in [-0.25, -0.2) is 4.99 Å². The number of amides is 1. The second-order valence-electron chi connectivity index (χ2n) is 7.69. The molecular weight excluding hydrogens is 322 g/mol.